The predicted molar refractivity (Wildman–Crippen MR) is 138 cm³/mol. The molecule has 0 saturated carbocycles. The van der Waals surface area contributed by atoms with E-state index in [0.717, 1.165) is 11.1 Å². The number of ether oxygens (including phenoxy) is 3. The summed E-state index contributed by atoms with van der Waals surface area (Å²) in [6.07, 6.45) is 4.92. The topological polar surface area (TPSA) is 78.9 Å². The van der Waals surface area contributed by atoms with Gasteiger partial charge >= 0.3 is 17.9 Å². The Labute approximate surface area is 216 Å². The van der Waals surface area contributed by atoms with Crippen LogP contribution in [0.4, 0.5) is 0 Å². The van der Waals surface area contributed by atoms with Gasteiger partial charge in [0.2, 0.25) is 0 Å². The zero-order valence-electron chi connectivity index (χ0n) is 20.5. The van der Waals surface area contributed by atoms with Gasteiger partial charge in [-0.15, -0.1) is 0 Å². The Morgan fingerprint density at radius 2 is 1.19 bits per heavy atom. The molecule has 0 spiro atoms. The summed E-state index contributed by atoms with van der Waals surface area (Å²) in [7, 11) is 0. The minimum Gasteiger partial charge on any atom is -0.460 e. The molecule has 2 atom stereocenters. The van der Waals surface area contributed by atoms with E-state index < -0.39 is 35.8 Å². The maximum Gasteiger partial charge on any atom is 0.338 e. The average molecular weight is 499 g/mol. The molecule has 0 aliphatic heterocycles. The number of hydrogen-bond acceptors (Lipinski definition) is 6. The van der Waals surface area contributed by atoms with Crippen molar-refractivity contribution in [2.75, 3.05) is 0 Å². The van der Waals surface area contributed by atoms with Crippen molar-refractivity contribution >= 4 is 17.9 Å². The fourth-order valence-electron chi connectivity index (χ4n) is 4.25. The van der Waals surface area contributed by atoms with E-state index in [1.807, 2.05) is 66.7 Å². The smallest absolute Gasteiger partial charge is 0.338 e. The van der Waals surface area contributed by atoms with Crippen molar-refractivity contribution in [2.45, 2.75) is 38.6 Å². The molecule has 1 aliphatic rings. The zero-order valence-corrected chi connectivity index (χ0v) is 20.5. The quantitative estimate of drug-likeness (QED) is 0.164. The van der Waals surface area contributed by atoms with Gasteiger partial charge in [0, 0.05) is 5.92 Å². The molecule has 3 aromatic rings. The molecule has 0 amide bonds. The highest BCUT2D eigenvalue weighted by molar-refractivity contribution is 5.95. The summed E-state index contributed by atoms with van der Waals surface area (Å²) in [6, 6.07) is 27.4. The van der Waals surface area contributed by atoms with Gasteiger partial charge < -0.3 is 14.2 Å². The van der Waals surface area contributed by atoms with Crippen LogP contribution >= 0.6 is 0 Å². The molecule has 0 aromatic heterocycles. The summed E-state index contributed by atoms with van der Waals surface area (Å²) in [4.78, 5) is 38.9. The van der Waals surface area contributed by atoms with Gasteiger partial charge in [-0.25, -0.2) is 4.79 Å². The number of carbonyl (C=O) groups excluding carboxylic acids is 3. The molecule has 0 radical (unpaired) electrons. The lowest BCUT2D eigenvalue weighted by Crippen LogP contribution is -2.33. The summed E-state index contributed by atoms with van der Waals surface area (Å²) in [5, 5.41) is 0. The Morgan fingerprint density at radius 3 is 1.73 bits per heavy atom. The molecule has 0 bridgehead atoms. The molecule has 190 valence electrons. The second-order valence-electron chi connectivity index (χ2n) is 8.95. The van der Waals surface area contributed by atoms with E-state index in [-0.39, 0.29) is 13.2 Å². The monoisotopic (exact) mass is 498 g/mol. The van der Waals surface area contributed by atoms with Gasteiger partial charge in [-0.1, -0.05) is 84.9 Å². The molecule has 37 heavy (non-hydrogen) atoms. The van der Waals surface area contributed by atoms with Crippen molar-refractivity contribution in [2.24, 2.45) is 11.8 Å². The highest BCUT2D eigenvalue weighted by Crippen LogP contribution is 2.28. The Hall–Kier alpha value is -4.19. The van der Waals surface area contributed by atoms with E-state index in [1.165, 1.54) is 0 Å². The van der Waals surface area contributed by atoms with Gasteiger partial charge in [0.1, 0.15) is 19.3 Å². The highest BCUT2D eigenvalue weighted by Gasteiger charge is 2.37. The van der Waals surface area contributed by atoms with E-state index in [0.29, 0.717) is 24.8 Å². The van der Waals surface area contributed by atoms with E-state index in [2.05, 4.69) is 0 Å². The van der Waals surface area contributed by atoms with Crippen molar-refractivity contribution in [1.82, 2.24) is 0 Å². The first kappa shape index (κ1) is 25.9. The summed E-state index contributed by atoms with van der Waals surface area (Å²) in [5.41, 5.74) is 2.14. The van der Waals surface area contributed by atoms with E-state index in [4.69, 9.17) is 14.2 Å². The summed E-state index contributed by atoms with van der Waals surface area (Å²) < 4.78 is 16.8. The Kier molecular flexibility index (Phi) is 9.24. The van der Waals surface area contributed by atoms with Crippen LogP contribution in [0.15, 0.2) is 103 Å². The van der Waals surface area contributed by atoms with Crippen LogP contribution in [0.25, 0.3) is 0 Å². The van der Waals surface area contributed by atoms with Crippen molar-refractivity contribution in [3.05, 3.63) is 120 Å². The van der Waals surface area contributed by atoms with Crippen LogP contribution in [0.5, 0.6) is 0 Å². The molecular formula is C31H30O6. The lowest BCUT2D eigenvalue weighted by Gasteiger charge is -2.21. The third-order valence-corrected chi connectivity index (χ3v) is 6.25. The lowest BCUT2D eigenvalue weighted by atomic mass is 9.88. The number of rotatable bonds is 9. The minimum absolute atomic E-state index is 0.0654. The van der Waals surface area contributed by atoms with E-state index in [1.54, 1.807) is 36.4 Å². The summed E-state index contributed by atoms with van der Waals surface area (Å²) in [6.45, 7) is 0.131. The first-order valence-corrected chi connectivity index (χ1v) is 12.5. The standard InChI is InChI=1S/C31H30O6/c32-29(26-15-8-3-9-16-26)37-27-18-10-17-25(19-20-27)28(30(33)35-21-23-11-4-1-5-12-23)31(34)36-22-24-13-6-2-7-14-24/h1-9,11-16,19-20,25,27-28H,10,17-18,21-22H2/t25-,27+/m0/s1. The fraction of sp³-hybridized carbons (Fsp3) is 0.258. The zero-order chi connectivity index (χ0) is 25.9. The van der Waals surface area contributed by atoms with Crippen LogP contribution in [0, 0.1) is 11.8 Å². The first-order valence-electron chi connectivity index (χ1n) is 12.5. The van der Waals surface area contributed by atoms with Crippen LogP contribution in [0.2, 0.25) is 0 Å². The van der Waals surface area contributed by atoms with Crippen molar-refractivity contribution in [1.29, 1.82) is 0 Å². The van der Waals surface area contributed by atoms with Gasteiger partial charge in [0.15, 0.2) is 5.92 Å². The van der Waals surface area contributed by atoms with E-state index in [9.17, 15) is 14.4 Å². The predicted octanol–water partition coefficient (Wildman–Crippen LogP) is 5.67. The molecule has 0 unspecified atom stereocenters. The third kappa shape index (κ3) is 7.64. The Morgan fingerprint density at radius 1 is 0.676 bits per heavy atom. The number of allylic oxidation sites excluding steroid dienone is 1. The van der Waals surface area contributed by atoms with Crippen molar-refractivity contribution in [3.63, 3.8) is 0 Å². The summed E-state index contributed by atoms with van der Waals surface area (Å²) >= 11 is 0. The molecule has 3 aromatic carbocycles. The number of esters is 3. The second-order valence-corrected chi connectivity index (χ2v) is 8.95. The lowest BCUT2D eigenvalue weighted by molar-refractivity contribution is -0.165. The van der Waals surface area contributed by atoms with Gasteiger partial charge in [0.25, 0.3) is 0 Å². The van der Waals surface area contributed by atoms with E-state index >= 15 is 0 Å². The molecule has 6 heteroatoms. The fourth-order valence-corrected chi connectivity index (χ4v) is 4.25. The molecule has 0 N–H and O–H groups in total. The highest BCUT2D eigenvalue weighted by atomic mass is 16.6. The third-order valence-electron chi connectivity index (χ3n) is 6.25. The largest absolute Gasteiger partial charge is 0.460 e. The van der Waals surface area contributed by atoms with Crippen LogP contribution in [-0.2, 0) is 37.0 Å². The maximum absolute atomic E-state index is 13.2. The number of hydrogen-bond donors (Lipinski definition) is 0. The first-order chi connectivity index (χ1) is 18.1. The molecule has 1 aliphatic carbocycles. The molecule has 6 nitrogen and oxygen atoms in total. The van der Waals surface area contributed by atoms with Gasteiger partial charge in [0.05, 0.1) is 5.56 Å². The van der Waals surface area contributed by atoms with Crippen LogP contribution in [0.3, 0.4) is 0 Å². The normalized spacial score (nSPS) is 17.0. The van der Waals surface area contributed by atoms with Gasteiger partial charge in [-0.05, 0) is 48.6 Å². The minimum atomic E-state index is -1.12. The van der Waals surface area contributed by atoms with Crippen LogP contribution < -0.4 is 0 Å². The molecule has 0 saturated heterocycles. The maximum atomic E-state index is 13.2. The molecular weight excluding hydrogens is 468 g/mol. The molecule has 0 fully saturated rings. The second kappa shape index (κ2) is 13.2. The van der Waals surface area contributed by atoms with Crippen molar-refractivity contribution in [3.8, 4) is 0 Å². The van der Waals surface area contributed by atoms with Crippen LogP contribution in [-0.4, -0.2) is 24.0 Å². The molecule has 0 heterocycles. The van der Waals surface area contributed by atoms with Crippen molar-refractivity contribution < 1.29 is 28.6 Å². The van der Waals surface area contributed by atoms with Gasteiger partial charge in [-0.3, -0.25) is 9.59 Å². The number of benzene rings is 3. The average Bonchev–Trinajstić information content (AvgIpc) is 3.18. The SMILES string of the molecule is O=C(O[C@H]1C=C[C@@H](C(C(=O)OCc2ccccc2)C(=O)OCc2ccccc2)CCC1)c1ccccc1. The van der Waals surface area contributed by atoms with Crippen LogP contribution in [0.1, 0.15) is 40.7 Å². The Balaban J connectivity index is 1.45. The Bertz CT molecular complexity index is 1130. The summed E-state index contributed by atoms with van der Waals surface area (Å²) in [5.74, 6) is -3.22. The number of carbonyl (C=O) groups is 3. The molecule has 4 rings (SSSR count). The van der Waals surface area contributed by atoms with Gasteiger partial charge in [-0.2, -0.15) is 0 Å².